The van der Waals surface area contributed by atoms with Gasteiger partial charge >= 0.3 is 7.12 Å². The zero-order valence-electron chi connectivity index (χ0n) is 19.6. The van der Waals surface area contributed by atoms with Gasteiger partial charge in [-0.1, -0.05) is 91.0 Å². The molecule has 4 aromatic rings. The molecule has 1 fully saturated rings. The van der Waals surface area contributed by atoms with Crippen LogP contribution >= 0.6 is 0 Å². The van der Waals surface area contributed by atoms with Gasteiger partial charge in [0.05, 0.1) is 11.0 Å². The maximum absolute atomic E-state index is 6.43. The summed E-state index contributed by atoms with van der Waals surface area (Å²) in [6, 6.07) is 33.2. The Kier molecular flexibility index (Phi) is 3.86. The second-order valence-corrected chi connectivity index (χ2v) is 10.4. The Balaban J connectivity index is 1.50. The molecule has 3 nitrogen and oxygen atoms in total. The minimum atomic E-state index is -0.862. The molecule has 1 heterocycles. The molecule has 0 bridgehead atoms. The van der Waals surface area contributed by atoms with Gasteiger partial charge in [0.25, 0.3) is 0 Å². The minimum absolute atomic E-state index is 0.323. The molecule has 0 saturated carbocycles. The quantitative estimate of drug-likeness (QED) is 0.354. The maximum Gasteiger partial charge on any atom is 0.495 e. The first-order valence-electron chi connectivity index (χ1n) is 11.9. The Morgan fingerprint density at radius 3 is 1.56 bits per heavy atom. The fraction of sp³-hybridized carbons (Fsp3) is 0.200. The molecule has 4 heteroatoms. The van der Waals surface area contributed by atoms with Crippen LogP contribution in [0, 0.1) is 0 Å². The number of rotatable bonds is 1. The third-order valence-corrected chi connectivity index (χ3v) is 8.24. The van der Waals surface area contributed by atoms with Crippen molar-refractivity contribution in [2.75, 3.05) is 0 Å². The summed E-state index contributed by atoms with van der Waals surface area (Å²) in [5.41, 5.74) is 16.1. The van der Waals surface area contributed by atoms with E-state index in [1.807, 2.05) is 20.8 Å². The molecule has 3 aliphatic rings. The molecule has 1 aliphatic heterocycles. The number of nitrogens with two attached hydrogens (primary N) is 1. The summed E-state index contributed by atoms with van der Waals surface area (Å²) in [4.78, 5) is 0. The molecule has 2 N–H and O–H groups in total. The van der Waals surface area contributed by atoms with E-state index < -0.39 is 18.4 Å². The SMILES string of the molecule is CC1(C)OB(c2ccc3c(c2)-c2ccccc2C32c3ccccc3-c3ccccc32)OC1(C)N. The van der Waals surface area contributed by atoms with Crippen molar-refractivity contribution >= 4 is 12.6 Å². The third-order valence-electron chi connectivity index (χ3n) is 8.24. The summed E-state index contributed by atoms with van der Waals surface area (Å²) < 4.78 is 12.5. The lowest BCUT2D eigenvalue weighted by molar-refractivity contribution is -0.00411. The second-order valence-electron chi connectivity index (χ2n) is 10.4. The summed E-state index contributed by atoms with van der Waals surface area (Å²) in [5, 5.41) is 0. The number of hydrogen-bond acceptors (Lipinski definition) is 3. The van der Waals surface area contributed by atoms with E-state index in [0.717, 1.165) is 5.46 Å². The van der Waals surface area contributed by atoms with Crippen LogP contribution in [0.5, 0.6) is 0 Å². The van der Waals surface area contributed by atoms with Crippen LogP contribution in [0.25, 0.3) is 22.3 Å². The molecular weight excluding hydrogens is 417 g/mol. The first-order valence-corrected chi connectivity index (χ1v) is 11.9. The normalized spacial score (nSPS) is 22.4. The van der Waals surface area contributed by atoms with Gasteiger partial charge in [-0.15, -0.1) is 0 Å². The molecule has 1 spiro atoms. The Morgan fingerprint density at radius 2 is 1.06 bits per heavy atom. The van der Waals surface area contributed by atoms with Crippen LogP contribution in [-0.4, -0.2) is 18.4 Å². The van der Waals surface area contributed by atoms with E-state index in [-0.39, 0.29) is 5.41 Å². The lowest BCUT2D eigenvalue weighted by Crippen LogP contribution is -2.52. The van der Waals surface area contributed by atoms with Crippen LogP contribution in [0.4, 0.5) is 0 Å². The first kappa shape index (κ1) is 20.2. The van der Waals surface area contributed by atoms with E-state index >= 15 is 0 Å². The molecule has 0 amide bonds. The molecule has 2 aliphatic carbocycles. The second kappa shape index (κ2) is 6.48. The lowest BCUT2D eigenvalue weighted by atomic mass is 9.69. The van der Waals surface area contributed by atoms with E-state index in [0.29, 0.717) is 0 Å². The summed E-state index contributed by atoms with van der Waals surface area (Å²) in [6.07, 6.45) is 0. The Morgan fingerprint density at radius 1 is 0.588 bits per heavy atom. The van der Waals surface area contributed by atoms with E-state index in [9.17, 15) is 0 Å². The van der Waals surface area contributed by atoms with Gasteiger partial charge in [0.15, 0.2) is 0 Å². The van der Waals surface area contributed by atoms with Crippen molar-refractivity contribution < 1.29 is 9.31 Å². The lowest BCUT2D eigenvalue weighted by Gasteiger charge is -2.31. The number of hydrogen-bond donors (Lipinski definition) is 1. The van der Waals surface area contributed by atoms with Crippen LogP contribution in [0.1, 0.15) is 43.0 Å². The largest absolute Gasteiger partial charge is 0.495 e. The van der Waals surface area contributed by atoms with Crippen LogP contribution < -0.4 is 11.2 Å². The molecule has 7 rings (SSSR count). The summed E-state index contributed by atoms with van der Waals surface area (Å²) >= 11 is 0. The van der Waals surface area contributed by atoms with Gasteiger partial charge in [-0.2, -0.15) is 0 Å². The van der Waals surface area contributed by atoms with Gasteiger partial charge < -0.3 is 15.0 Å². The van der Waals surface area contributed by atoms with Crippen molar-refractivity contribution in [2.45, 2.75) is 37.5 Å². The molecule has 0 radical (unpaired) electrons. The van der Waals surface area contributed by atoms with Crippen LogP contribution in [0.3, 0.4) is 0 Å². The van der Waals surface area contributed by atoms with Gasteiger partial charge in [0.2, 0.25) is 0 Å². The van der Waals surface area contributed by atoms with Crippen LogP contribution in [-0.2, 0) is 14.7 Å². The monoisotopic (exact) mass is 443 g/mol. The van der Waals surface area contributed by atoms with Crippen LogP contribution in [0.2, 0.25) is 0 Å². The molecular formula is C30H26BNO2. The highest BCUT2D eigenvalue weighted by atomic mass is 16.7. The van der Waals surface area contributed by atoms with E-state index in [1.165, 1.54) is 44.5 Å². The molecule has 1 unspecified atom stereocenters. The first-order chi connectivity index (χ1) is 16.3. The van der Waals surface area contributed by atoms with Gasteiger partial charge in [-0.3, -0.25) is 0 Å². The van der Waals surface area contributed by atoms with Crippen molar-refractivity contribution in [3.63, 3.8) is 0 Å². The molecule has 1 saturated heterocycles. The van der Waals surface area contributed by atoms with Crippen molar-refractivity contribution in [2.24, 2.45) is 5.73 Å². The Bertz CT molecular complexity index is 1430. The fourth-order valence-electron chi connectivity index (χ4n) is 6.17. The molecule has 0 aromatic heterocycles. The van der Waals surface area contributed by atoms with E-state index in [4.69, 9.17) is 15.0 Å². The third kappa shape index (κ3) is 2.33. The van der Waals surface area contributed by atoms with Crippen molar-refractivity contribution in [3.05, 3.63) is 113 Å². The fourth-order valence-corrected chi connectivity index (χ4v) is 6.17. The standard InChI is InChI=1S/C30H26BNO2/c1-28(2)29(3,32)34-31(33-28)19-16-17-27-23(18-19)22-12-6-9-15-26(22)30(27)24-13-7-4-10-20(24)21-11-5-8-14-25(21)30/h4-18H,32H2,1-3H3. The average molecular weight is 443 g/mol. The zero-order chi connectivity index (χ0) is 23.3. The topological polar surface area (TPSA) is 44.5 Å². The van der Waals surface area contributed by atoms with Crippen molar-refractivity contribution in [3.8, 4) is 22.3 Å². The smallest absolute Gasteiger partial charge is 0.398 e. The van der Waals surface area contributed by atoms with Gasteiger partial charge in [-0.25, -0.2) is 0 Å². The van der Waals surface area contributed by atoms with E-state index in [2.05, 4.69) is 91.0 Å². The Hall–Kier alpha value is -3.18. The number of benzene rings is 4. The van der Waals surface area contributed by atoms with Gasteiger partial charge in [0, 0.05) is 0 Å². The molecule has 34 heavy (non-hydrogen) atoms. The van der Waals surface area contributed by atoms with Crippen LogP contribution in [0.15, 0.2) is 91.0 Å². The molecule has 4 aromatic carbocycles. The molecule has 166 valence electrons. The summed E-state index contributed by atoms with van der Waals surface area (Å²) in [5.74, 6) is 0. The van der Waals surface area contributed by atoms with Gasteiger partial charge in [-0.05, 0) is 70.7 Å². The minimum Gasteiger partial charge on any atom is -0.398 e. The van der Waals surface area contributed by atoms with Crippen molar-refractivity contribution in [1.82, 2.24) is 0 Å². The average Bonchev–Trinajstić information content (AvgIpc) is 3.39. The summed E-state index contributed by atoms with van der Waals surface area (Å²) in [7, 11) is -0.498. The highest BCUT2D eigenvalue weighted by Crippen LogP contribution is 2.62. The highest BCUT2D eigenvalue weighted by molar-refractivity contribution is 6.62. The predicted octanol–water partition coefficient (Wildman–Crippen LogP) is 5.23. The van der Waals surface area contributed by atoms with E-state index in [1.54, 1.807) is 0 Å². The number of fused-ring (bicyclic) bond motifs is 10. The van der Waals surface area contributed by atoms with Crippen molar-refractivity contribution in [1.29, 1.82) is 0 Å². The molecule has 1 atom stereocenters. The Labute approximate surface area is 200 Å². The highest BCUT2D eigenvalue weighted by Gasteiger charge is 2.54. The zero-order valence-corrected chi connectivity index (χ0v) is 19.6. The predicted molar refractivity (Wildman–Crippen MR) is 137 cm³/mol. The van der Waals surface area contributed by atoms with Gasteiger partial charge in [0.1, 0.15) is 5.72 Å². The maximum atomic E-state index is 6.43. The summed E-state index contributed by atoms with van der Waals surface area (Å²) in [6.45, 7) is 5.85.